The van der Waals surface area contributed by atoms with Crippen molar-refractivity contribution in [1.29, 1.82) is 0 Å². The second-order valence-electron chi connectivity index (χ2n) is 5.87. The van der Waals surface area contributed by atoms with Crippen molar-refractivity contribution in [2.24, 2.45) is 0 Å². The van der Waals surface area contributed by atoms with Crippen molar-refractivity contribution in [3.05, 3.63) is 39.5 Å². The normalized spacial score (nSPS) is 11.5. The van der Waals surface area contributed by atoms with Crippen molar-refractivity contribution in [3.8, 4) is 11.4 Å². The number of hydrogen-bond donors (Lipinski definition) is 1. The number of halogens is 2. The van der Waals surface area contributed by atoms with Gasteiger partial charge in [0.2, 0.25) is 0 Å². The van der Waals surface area contributed by atoms with Crippen LogP contribution in [-0.2, 0) is 5.41 Å². The van der Waals surface area contributed by atoms with Crippen molar-refractivity contribution >= 4 is 33.3 Å². The predicted octanol–water partition coefficient (Wildman–Crippen LogP) is 5.29. The van der Waals surface area contributed by atoms with Gasteiger partial charge in [0.25, 0.3) is 0 Å². The first-order valence-corrected chi connectivity index (χ1v) is 8.07. The van der Waals surface area contributed by atoms with E-state index in [1.165, 1.54) is 0 Å². The first-order chi connectivity index (χ1) is 9.81. The summed E-state index contributed by atoms with van der Waals surface area (Å²) in [5.74, 6) is 1.53. The highest BCUT2D eigenvalue weighted by molar-refractivity contribution is 9.10. The molecule has 1 N–H and O–H groups in total. The summed E-state index contributed by atoms with van der Waals surface area (Å²) in [5.41, 5.74) is 1.87. The molecule has 1 aromatic carbocycles. The molecule has 21 heavy (non-hydrogen) atoms. The molecule has 0 bridgehead atoms. The topological polar surface area (TPSA) is 37.8 Å². The lowest BCUT2D eigenvalue weighted by molar-refractivity contribution is 0.568. The van der Waals surface area contributed by atoms with Gasteiger partial charge in [0.1, 0.15) is 5.82 Å². The zero-order valence-corrected chi connectivity index (χ0v) is 15.0. The highest BCUT2D eigenvalue weighted by Crippen LogP contribution is 2.30. The van der Waals surface area contributed by atoms with Crippen LogP contribution in [0.5, 0.6) is 0 Å². The molecule has 2 rings (SSSR count). The minimum Gasteiger partial charge on any atom is -0.370 e. The van der Waals surface area contributed by atoms with Crippen LogP contribution < -0.4 is 5.32 Å². The summed E-state index contributed by atoms with van der Waals surface area (Å²) in [4.78, 5) is 9.28. The van der Waals surface area contributed by atoms with Crippen LogP contribution in [0.2, 0.25) is 5.02 Å². The van der Waals surface area contributed by atoms with Crippen LogP contribution in [0.3, 0.4) is 0 Å². The Bertz CT molecular complexity index is 650. The average Bonchev–Trinajstić information content (AvgIpc) is 2.41. The lowest BCUT2D eigenvalue weighted by atomic mass is 9.91. The Kier molecular flexibility index (Phi) is 4.89. The van der Waals surface area contributed by atoms with E-state index >= 15 is 0 Å². The molecule has 0 amide bonds. The number of hydrogen-bond acceptors (Lipinski definition) is 3. The molecular weight excluding hydrogens is 350 g/mol. The number of aromatic nitrogens is 2. The average molecular weight is 369 g/mol. The molecule has 0 saturated heterocycles. The van der Waals surface area contributed by atoms with Crippen LogP contribution in [0.25, 0.3) is 11.4 Å². The van der Waals surface area contributed by atoms with Crippen LogP contribution >= 0.6 is 27.5 Å². The van der Waals surface area contributed by atoms with Gasteiger partial charge in [-0.2, -0.15) is 0 Å². The van der Waals surface area contributed by atoms with Crippen molar-refractivity contribution in [2.75, 3.05) is 11.9 Å². The molecule has 1 aromatic heterocycles. The fourth-order valence-electron chi connectivity index (χ4n) is 1.87. The summed E-state index contributed by atoms with van der Waals surface area (Å²) in [6.07, 6.45) is 0. The Balaban J connectivity index is 2.56. The Labute approximate surface area is 139 Å². The van der Waals surface area contributed by atoms with Gasteiger partial charge in [0, 0.05) is 28.1 Å². The van der Waals surface area contributed by atoms with E-state index in [9.17, 15) is 0 Å². The number of benzene rings is 1. The first-order valence-electron chi connectivity index (χ1n) is 6.90. The summed E-state index contributed by atoms with van der Waals surface area (Å²) in [5, 5.41) is 3.92. The van der Waals surface area contributed by atoms with E-state index in [1.807, 2.05) is 24.3 Å². The smallest absolute Gasteiger partial charge is 0.161 e. The highest BCUT2D eigenvalue weighted by Gasteiger charge is 2.18. The van der Waals surface area contributed by atoms with E-state index in [4.69, 9.17) is 16.6 Å². The second-order valence-corrected chi connectivity index (χ2v) is 7.13. The Morgan fingerprint density at radius 2 is 1.90 bits per heavy atom. The Morgan fingerprint density at radius 1 is 1.19 bits per heavy atom. The van der Waals surface area contributed by atoms with E-state index in [0.29, 0.717) is 10.8 Å². The quantitative estimate of drug-likeness (QED) is 0.800. The standard InChI is InChI=1S/C16H19BrClN3/c1-5-19-14-9-13(16(2,3)4)20-15(21-14)10-6-7-11(17)12(18)8-10/h6-9H,5H2,1-4H3,(H,19,20,21). The first kappa shape index (κ1) is 16.2. The number of nitrogens with zero attached hydrogens (tertiary/aromatic N) is 2. The molecule has 0 aliphatic carbocycles. The Hall–Kier alpha value is -1.13. The molecule has 0 radical (unpaired) electrons. The van der Waals surface area contributed by atoms with Gasteiger partial charge in [0.05, 0.1) is 10.7 Å². The molecule has 0 unspecified atom stereocenters. The lowest BCUT2D eigenvalue weighted by Gasteiger charge is -2.19. The van der Waals surface area contributed by atoms with Gasteiger partial charge in [0.15, 0.2) is 5.82 Å². The maximum Gasteiger partial charge on any atom is 0.161 e. The number of anilines is 1. The van der Waals surface area contributed by atoms with E-state index < -0.39 is 0 Å². The molecule has 1 heterocycles. The van der Waals surface area contributed by atoms with Crippen molar-refractivity contribution in [3.63, 3.8) is 0 Å². The molecular formula is C16H19BrClN3. The number of rotatable bonds is 3. The molecule has 0 atom stereocenters. The Morgan fingerprint density at radius 3 is 2.48 bits per heavy atom. The third-order valence-corrected chi connectivity index (χ3v) is 4.26. The molecule has 3 nitrogen and oxygen atoms in total. The van der Waals surface area contributed by atoms with Gasteiger partial charge in [-0.1, -0.05) is 32.4 Å². The van der Waals surface area contributed by atoms with E-state index in [1.54, 1.807) is 0 Å². The maximum atomic E-state index is 6.18. The van der Waals surface area contributed by atoms with Gasteiger partial charge in [-0.25, -0.2) is 9.97 Å². The number of nitrogens with one attached hydrogen (secondary N) is 1. The molecule has 0 spiro atoms. The molecule has 2 aromatic rings. The highest BCUT2D eigenvalue weighted by atomic mass is 79.9. The van der Waals surface area contributed by atoms with E-state index in [-0.39, 0.29) is 5.41 Å². The summed E-state index contributed by atoms with van der Waals surface area (Å²) in [6.45, 7) is 9.30. The molecule has 0 aliphatic rings. The minimum absolute atomic E-state index is 0.0407. The van der Waals surface area contributed by atoms with Gasteiger partial charge in [-0.3, -0.25) is 0 Å². The summed E-state index contributed by atoms with van der Waals surface area (Å²) < 4.78 is 0.867. The van der Waals surface area contributed by atoms with Crippen LogP contribution in [-0.4, -0.2) is 16.5 Å². The summed E-state index contributed by atoms with van der Waals surface area (Å²) in [7, 11) is 0. The second kappa shape index (κ2) is 6.32. The largest absolute Gasteiger partial charge is 0.370 e. The van der Waals surface area contributed by atoms with Gasteiger partial charge >= 0.3 is 0 Å². The van der Waals surface area contributed by atoms with Crippen molar-refractivity contribution in [1.82, 2.24) is 9.97 Å². The summed E-state index contributed by atoms with van der Waals surface area (Å²) >= 11 is 9.58. The minimum atomic E-state index is -0.0407. The van der Waals surface area contributed by atoms with Gasteiger partial charge in [-0.05, 0) is 41.1 Å². The van der Waals surface area contributed by atoms with Crippen LogP contribution in [0.15, 0.2) is 28.7 Å². The third-order valence-electron chi connectivity index (χ3n) is 3.03. The maximum absolute atomic E-state index is 6.18. The van der Waals surface area contributed by atoms with E-state index in [2.05, 4.69) is 53.9 Å². The predicted molar refractivity (Wildman–Crippen MR) is 93.0 cm³/mol. The van der Waals surface area contributed by atoms with Gasteiger partial charge < -0.3 is 5.32 Å². The zero-order valence-electron chi connectivity index (χ0n) is 12.7. The van der Waals surface area contributed by atoms with Crippen LogP contribution in [0, 0.1) is 0 Å². The van der Waals surface area contributed by atoms with Gasteiger partial charge in [-0.15, -0.1) is 0 Å². The van der Waals surface area contributed by atoms with Crippen molar-refractivity contribution in [2.45, 2.75) is 33.1 Å². The van der Waals surface area contributed by atoms with Crippen LogP contribution in [0.4, 0.5) is 5.82 Å². The molecule has 0 aliphatic heterocycles. The van der Waals surface area contributed by atoms with Crippen LogP contribution in [0.1, 0.15) is 33.4 Å². The monoisotopic (exact) mass is 367 g/mol. The summed E-state index contributed by atoms with van der Waals surface area (Å²) in [6, 6.07) is 7.77. The molecule has 112 valence electrons. The third kappa shape index (κ3) is 3.95. The SMILES string of the molecule is CCNc1cc(C(C)(C)C)nc(-c2ccc(Br)c(Cl)c2)n1. The lowest BCUT2D eigenvalue weighted by Crippen LogP contribution is -2.16. The van der Waals surface area contributed by atoms with Crippen molar-refractivity contribution < 1.29 is 0 Å². The van der Waals surface area contributed by atoms with E-state index in [0.717, 1.165) is 28.1 Å². The molecule has 5 heteroatoms. The molecule has 0 saturated carbocycles. The zero-order chi connectivity index (χ0) is 15.6. The molecule has 0 fully saturated rings. The fourth-order valence-corrected chi connectivity index (χ4v) is 2.29. The fraction of sp³-hybridized carbons (Fsp3) is 0.375.